The normalized spacial score (nSPS) is 15.3. The molecule has 1 saturated heterocycles. The van der Waals surface area contributed by atoms with Crippen molar-refractivity contribution in [1.82, 2.24) is 15.3 Å². The number of piperazine rings is 1. The van der Waals surface area contributed by atoms with Gasteiger partial charge in [0, 0.05) is 37.9 Å². The summed E-state index contributed by atoms with van der Waals surface area (Å²) in [6, 6.07) is 6.88. The molecular formula is C14H16FN5. The third-order valence-corrected chi connectivity index (χ3v) is 3.38. The Kier molecular flexibility index (Phi) is 3.47. The van der Waals surface area contributed by atoms with Crippen LogP contribution in [0.5, 0.6) is 0 Å². The molecule has 3 N–H and O–H groups in total. The van der Waals surface area contributed by atoms with Gasteiger partial charge in [-0.2, -0.15) is 0 Å². The van der Waals surface area contributed by atoms with Crippen molar-refractivity contribution in [2.75, 3.05) is 36.8 Å². The van der Waals surface area contributed by atoms with E-state index in [2.05, 4.69) is 15.3 Å². The van der Waals surface area contributed by atoms with E-state index in [1.165, 1.54) is 6.07 Å². The number of halogens is 1. The second-order valence-electron chi connectivity index (χ2n) is 4.70. The zero-order valence-electron chi connectivity index (χ0n) is 11.0. The topological polar surface area (TPSA) is 67.1 Å². The van der Waals surface area contributed by atoms with Crippen LogP contribution in [0.3, 0.4) is 0 Å². The van der Waals surface area contributed by atoms with Crippen molar-refractivity contribution in [3.8, 4) is 11.3 Å². The summed E-state index contributed by atoms with van der Waals surface area (Å²) >= 11 is 0. The first kappa shape index (κ1) is 12.8. The van der Waals surface area contributed by atoms with Gasteiger partial charge in [-0.1, -0.05) is 6.07 Å². The van der Waals surface area contributed by atoms with Gasteiger partial charge in [0.1, 0.15) is 5.82 Å². The van der Waals surface area contributed by atoms with Crippen LogP contribution in [0.1, 0.15) is 0 Å². The summed E-state index contributed by atoms with van der Waals surface area (Å²) in [5, 5.41) is 3.25. The molecule has 1 aromatic carbocycles. The van der Waals surface area contributed by atoms with E-state index in [0.29, 0.717) is 16.9 Å². The number of nitrogens with two attached hydrogens (primary N) is 1. The molecule has 1 aromatic heterocycles. The molecule has 0 radical (unpaired) electrons. The molecule has 1 fully saturated rings. The first-order valence-electron chi connectivity index (χ1n) is 6.58. The summed E-state index contributed by atoms with van der Waals surface area (Å²) in [5.74, 6) is -0.0457. The number of nitrogen functional groups attached to an aromatic ring is 1. The van der Waals surface area contributed by atoms with E-state index in [-0.39, 0.29) is 11.8 Å². The highest BCUT2D eigenvalue weighted by atomic mass is 19.1. The summed E-state index contributed by atoms with van der Waals surface area (Å²) in [6.07, 6.45) is 1.57. The first-order valence-corrected chi connectivity index (χ1v) is 6.58. The number of nitrogens with zero attached hydrogens (tertiary/aromatic N) is 3. The van der Waals surface area contributed by atoms with Crippen molar-refractivity contribution in [1.29, 1.82) is 0 Å². The summed E-state index contributed by atoms with van der Waals surface area (Å²) < 4.78 is 14.3. The zero-order chi connectivity index (χ0) is 13.9. The minimum atomic E-state index is -0.235. The highest BCUT2D eigenvalue weighted by molar-refractivity contribution is 5.64. The SMILES string of the molecule is Nc1nccc(-c2ccc(N3CCNCC3)c(F)c2)n1. The third kappa shape index (κ3) is 2.55. The molecule has 1 aliphatic rings. The molecule has 0 spiro atoms. The molecule has 3 rings (SSSR count). The number of aromatic nitrogens is 2. The quantitative estimate of drug-likeness (QED) is 0.862. The predicted octanol–water partition coefficient (Wildman–Crippen LogP) is 1.27. The van der Waals surface area contributed by atoms with Crippen LogP contribution in [0.15, 0.2) is 30.5 Å². The van der Waals surface area contributed by atoms with Crippen molar-refractivity contribution in [3.05, 3.63) is 36.3 Å². The molecule has 0 saturated carbocycles. The lowest BCUT2D eigenvalue weighted by Crippen LogP contribution is -2.43. The van der Waals surface area contributed by atoms with E-state index < -0.39 is 0 Å². The summed E-state index contributed by atoms with van der Waals surface area (Å²) in [5.41, 5.74) is 7.52. The van der Waals surface area contributed by atoms with Crippen LogP contribution in [-0.2, 0) is 0 Å². The van der Waals surface area contributed by atoms with Crippen LogP contribution < -0.4 is 16.0 Å². The molecule has 20 heavy (non-hydrogen) atoms. The zero-order valence-corrected chi connectivity index (χ0v) is 11.0. The summed E-state index contributed by atoms with van der Waals surface area (Å²) in [4.78, 5) is 9.99. The number of benzene rings is 1. The molecule has 104 valence electrons. The van der Waals surface area contributed by atoms with Crippen LogP contribution in [-0.4, -0.2) is 36.1 Å². The third-order valence-electron chi connectivity index (χ3n) is 3.38. The maximum atomic E-state index is 14.3. The van der Waals surface area contributed by atoms with Gasteiger partial charge >= 0.3 is 0 Å². The van der Waals surface area contributed by atoms with Gasteiger partial charge in [-0.05, 0) is 18.2 Å². The smallest absolute Gasteiger partial charge is 0.220 e. The Bertz CT molecular complexity index is 610. The molecule has 0 unspecified atom stereocenters. The van der Waals surface area contributed by atoms with Crippen molar-refractivity contribution in [2.45, 2.75) is 0 Å². The Morgan fingerprint density at radius 3 is 2.70 bits per heavy atom. The van der Waals surface area contributed by atoms with Gasteiger partial charge in [-0.3, -0.25) is 0 Å². The Morgan fingerprint density at radius 2 is 2.00 bits per heavy atom. The largest absolute Gasteiger partial charge is 0.368 e. The average molecular weight is 273 g/mol. The lowest BCUT2D eigenvalue weighted by Gasteiger charge is -2.29. The van der Waals surface area contributed by atoms with Crippen molar-refractivity contribution in [2.24, 2.45) is 0 Å². The fraction of sp³-hybridized carbons (Fsp3) is 0.286. The van der Waals surface area contributed by atoms with Crippen LogP contribution in [0.2, 0.25) is 0 Å². The fourth-order valence-corrected chi connectivity index (χ4v) is 2.36. The van der Waals surface area contributed by atoms with Crippen LogP contribution in [0.4, 0.5) is 16.0 Å². The monoisotopic (exact) mass is 273 g/mol. The molecule has 0 bridgehead atoms. The highest BCUT2D eigenvalue weighted by Gasteiger charge is 2.15. The second-order valence-corrected chi connectivity index (χ2v) is 4.70. The average Bonchev–Trinajstić information content (AvgIpc) is 2.48. The number of anilines is 2. The van der Waals surface area contributed by atoms with Gasteiger partial charge in [0.2, 0.25) is 5.95 Å². The number of rotatable bonds is 2. The van der Waals surface area contributed by atoms with E-state index in [1.54, 1.807) is 18.3 Å². The molecule has 5 nitrogen and oxygen atoms in total. The van der Waals surface area contributed by atoms with E-state index in [1.807, 2.05) is 11.0 Å². The minimum Gasteiger partial charge on any atom is -0.368 e. The molecule has 0 aliphatic carbocycles. The maximum Gasteiger partial charge on any atom is 0.220 e. The van der Waals surface area contributed by atoms with Gasteiger partial charge < -0.3 is 16.0 Å². The Labute approximate surface area is 116 Å². The molecule has 0 amide bonds. The second kappa shape index (κ2) is 5.42. The Hall–Kier alpha value is -2.21. The molecule has 1 aliphatic heterocycles. The summed E-state index contributed by atoms with van der Waals surface area (Å²) in [7, 11) is 0. The molecule has 2 heterocycles. The van der Waals surface area contributed by atoms with Gasteiger partial charge in [0.15, 0.2) is 0 Å². The lowest BCUT2D eigenvalue weighted by atomic mass is 10.1. The highest BCUT2D eigenvalue weighted by Crippen LogP contribution is 2.25. The molecule has 2 aromatic rings. The maximum absolute atomic E-state index is 14.3. The minimum absolute atomic E-state index is 0.189. The van der Waals surface area contributed by atoms with E-state index in [9.17, 15) is 4.39 Å². The number of nitrogens with one attached hydrogen (secondary N) is 1. The van der Waals surface area contributed by atoms with E-state index in [0.717, 1.165) is 26.2 Å². The van der Waals surface area contributed by atoms with E-state index >= 15 is 0 Å². The Balaban J connectivity index is 1.90. The van der Waals surface area contributed by atoms with Crippen LogP contribution in [0, 0.1) is 5.82 Å². The predicted molar refractivity (Wildman–Crippen MR) is 76.9 cm³/mol. The standard InChI is InChI=1S/C14H16FN5/c15-11-9-10(12-3-4-18-14(16)19-12)1-2-13(11)20-7-5-17-6-8-20/h1-4,9,17H,5-8H2,(H2,16,18,19). The number of hydrogen-bond donors (Lipinski definition) is 2. The summed E-state index contributed by atoms with van der Waals surface area (Å²) in [6.45, 7) is 3.39. The van der Waals surface area contributed by atoms with Gasteiger partial charge in [0.25, 0.3) is 0 Å². The molecule has 6 heteroatoms. The van der Waals surface area contributed by atoms with Gasteiger partial charge in [0.05, 0.1) is 11.4 Å². The van der Waals surface area contributed by atoms with Crippen molar-refractivity contribution in [3.63, 3.8) is 0 Å². The lowest BCUT2D eigenvalue weighted by molar-refractivity contribution is 0.566. The fourth-order valence-electron chi connectivity index (χ4n) is 2.36. The van der Waals surface area contributed by atoms with Crippen molar-refractivity contribution >= 4 is 11.6 Å². The van der Waals surface area contributed by atoms with Gasteiger partial charge in [-0.25, -0.2) is 14.4 Å². The Morgan fingerprint density at radius 1 is 1.20 bits per heavy atom. The molecule has 0 atom stereocenters. The molecular weight excluding hydrogens is 257 g/mol. The van der Waals surface area contributed by atoms with Crippen molar-refractivity contribution < 1.29 is 4.39 Å². The number of hydrogen-bond acceptors (Lipinski definition) is 5. The van der Waals surface area contributed by atoms with E-state index in [4.69, 9.17) is 5.73 Å². The van der Waals surface area contributed by atoms with Gasteiger partial charge in [-0.15, -0.1) is 0 Å². The van der Waals surface area contributed by atoms with Crippen LogP contribution in [0.25, 0.3) is 11.3 Å². The van der Waals surface area contributed by atoms with Crippen LogP contribution >= 0.6 is 0 Å². The first-order chi connectivity index (χ1) is 9.74.